The monoisotopic (exact) mass is 293 g/mol. The molecule has 98 valence electrons. The van der Waals surface area contributed by atoms with E-state index in [9.17, 15) is 5.11 Å². The number of anilines is 1. The summed E-state index contributed by atoms with van der Waals surface area (Å²) < 4.78 is 0. The van der Waals surface area contributed by atoms with Crippen molar-refractivity contribution in [3.8, 4) is 5.75 Å². The smallest absolute Gasteiger partial charge is 0.115 e. The molecule has 0 fully saturated rings. The Balaban J connectivity index is 1.86. The maximum atomic E-state index is 9.49. The molecule has 1 unspecified atom stereocenters. The number of halogens is 2. The first kappa shape index (κ1) is 12.6. The summed E-state index contributed by atoms with van der Waals surface area (Å²) in [6.07, 6.45) is 1.97. The first-order valence-electron chi connectivity index (χ1n) is 6.16. The van der Waals surface area contributed by atoms with Crippen LogP contribution in [-0.4, -0.2) is 5.11 Å². The van der Waals surface area contributed by atoms with Crippen LogP contribution >= 0.6 is 23.2 Å². The van der Waals surface area contributed by atoms with Crippen LogP contribution in [0.3, 0.4) is 0 Å². The molecule has 0 spiro atoms. The Bertz CT molecular complexity index is 607. The average Bonchev–Trinajstić information content (AvgIpc) is 2.70. The van der Waals surface area contributed by atoms with E-state index in [1.165, 1.54) is 11.1 Å². The van der Waals surface area contributed by atoms with Crippen LogP contribution < -0.4 is 5.32 Å². The molecule has 2 aromatic carbocycles. The van der Waals surface area contributed by atoms with Gasteiger partial charge in [0.05, 0.1) is 6.04 Å². The Morgan fingerprint density at radius 1 is 1.05 bits per heavy atom. The molecule has 0 aromatic heterocycles. The number of aryl methyl sites for hydroxylation is 1. The SMILES string of the molecule is Oc1ccc2c(c1)CCC2Nc1cc(Cl)cc(Cl)c1. The second kappa shape index (κ2) is 4.95. The van der Waals surface area contributed by atoms with Crippen LogP contribution in [-0.2, 0) is 6.42 Å². The van der Waals surface area contributed by atoms with Gasteiger partial charge < -0.3 is 10.4 Å². The molecule has 4 heteroatoms. The van der Waals surface area contributed by atoms with Crippen molar-refractivity contribution in [1.82, 2.24) is 0 Å². The Morgan fingerprint density at radius 2 is 1.79 bits per heavy atom. The number of hydrogen-bond donors (Lipinski definition) is 2. The van der Waals surface area contributed by atoms with E-state index in [1.807, 2.05) is 24.3 Å². The molecule has 2 nitrogen and oxygen atoms in total. The fourth-order valence-electron chi connectivity index (χ4n) is 2.59. The van der Waals surface area contributed by atoms with E-state index in [0.29, 0.717) is 15.8 Å². The average molecular weight is 294 g/mol. The second-order valence-corrected chi connectivity index (χ2v) is 5.65. The van der Waals surface area contributed by atoms with Crippen molar-refractivity contribution in [1.29, 1.82) is 0 Å². The molecule has 3 rings (SSSR count). The van der Waals surface area contributed by atoms with Gasteiger partial charge in [-0.1, -0.05) is 29.3 Å². The zero-order valence-electron chi connectivity index (χ0n) is 10.2. The van der Waals surface area contributed by atoms with Gasteiger partial charge in [0, 0.05) is 15.7 Å². The molecule has 0 amide bonds. The summed E-state index contributed by atoms with van der Waals surface area (Å²) >= 11 is 12.0. The third-order valence-electron chi connectivity index (χ3n) is 3.41. The van der Waals surface area contributed by atoms with Gasteiger partial charge in [0.15, 0.2) is 0 Å². The fourth-order valence-corrected chi connectivity index (χ4v) is 3.12. The van der Waals surface area contributed by atoms with Crippen LogP contribution in [0.4, 0.5) is 5.69 Å². The Hall–Kier alpha value is -1.38. The van der Waals surface area contributed by atoms with Crippen LogP contribution in [0, 0.1) is 0 Å². The third-order valence-corrected chi connectivity index (χ3v) is 3.84. The molecule has 0 saturated heterocycles. The van der Waals surface area contributed by atoms with Gasteiger partial charge in [-0.05, 0) is 54.3 Å². The maximum absolute atomic E-state index is 9.49. The van der Waals surface area contributed by atoms with Crippen molar-refractivity contribution in [3.63, 3.8) is 0 Å². The van der Waals surface area contributed by atoms with E-state index in [-0.39, 0.29) is 6.04 Å². The minimum absolute atomic E-state index is 0.241. The normalized spacial score (nSPS) is 17.3. The van der Waals surface area contributed by atoms with Crippen LogP contribution in [0.15, 0.2) is 36.4 Å². The quantitative estimate of drug-likeness (QED) is 0.834. The highest BCUT2D eigenvalue weighted by molar-refractivity contribution is 6.35. The lowest BCUT2D eigenvalue weighted by molar-refractivity contribution is 0.474. The van der Waals surface area contributed by atoms with Crippen LogP contribution in [0.25, 0.3) is 0 Å². The Kier molecular flexibility index (Phi) is 3.29. The summed E-state index contributed by atoms with van der Waals surface area (Å²) in [5, 5.41) is 14.2. The summed E-state index contributed by atoms with van der Waals surface area (Å²) in [6, 6.07) is 11.2. The van der Waals surface area contributed by atoms with E-state index in [1.54, 1.807) is 12.1 Å². The molecule has 0 bridgehead atoms. The molecule has 19 heavy (non-hydrogen) atoms. The molecular formula is C15H13Cl2NO. The molecule has 0 radical (unpaired) electrons. The van der Waals surface area contributed by atoms with Crippen molar-refractivity contribution < 1.29 is 5.11 Å². The summed E-state index contributed by atoms with van der Waals surface area (Å²) in [6.45, 7) is 0. The molecule has 1 atom stereocenters. The molecule has 0 heterocycles. The number of aromatic hydroxyl groups is 1. The Morgan fingerprint density at radius 3 is 2.53 bits per heavy atom. The highest BCUT2D eigenvalue weighted by Gasteiger charge is 2.22. The summed E-state index contributed by atoms with van der Waals surface area (Å²) in [5.41, 5.74) is 3.35. The lowest BCUT2D eigenvalue weighted by Gasteiger charge is -2.16. The van der Waals surface area contributed by atoms with Crippen LogP contribution in [0.5, 0.6) is 5.75 Å². The second-order valence-electron chi connectivity index (χ2n) is 4.78. The number of fused-ring (bicyclic) bond motifs is 1. The minimum atomic E-state index is 0.241. The fraction of sp³-hybridized carbons (Fsp3) is 0.200. The maximum Gasteiger partial charge on any atom is 0.115 e. The van der Waals surface area contributed by atoms with Crippen molar-refractivity contribution >= 4 is 28.9 Å². The number of phenolic OH excluding ortho intramolecular Hbond substituents is 1. The van der Waals surface area contributed by atoms with Gasteiger partial charge in [0.25, 0.3) is 0 Å². The zero-order valence-corrected chi connectivity index (χ0v) is 11.7. The van der Waals surface area contributed by atoms with Gasteiger partial charge in [-0.3, -0.25) is 0 Å². The molecular weight excluding hydrogens is 281 g/mol. The number of nitrogens with one attached hydrogen (secondary N) is 1. The molecule has 1 aliphatic carbocycles. The summed E-state index contributed by atoms with van der Waals surface area (Å²) in [4.78, 5) is 0. The van der Waals surface area contributed by atoms with Crippen molar-refractivity contribution in [2.75, 3.05) is 5.32 Å². The first-order valence-corrected chi connectivity index (χ1v) is 6.92. The zero-order chi connectivity index (χ0) is 13.4. The molecule has 0 saturated carbocycles. The van der Waals surface area contributed by atoms with Gasteiger partial charge >= 0.3 is 0 Å². The van der Waals surface area contributed by atoms with Gasteiger partial charge in [-0.2, -0.15) is 0 Å². The number of benzene rings is 2. The standard InChI is InChI=1S/C15H13Cl2NO/c16-10-6-11(17)8-12(7-10)18-15-4-1-9-5-13(19)2-3-14(9)15/h2-3,5-8,15,18-19H,1,4H2. The van der Waals surface area contributed by atoms with E-state index in [4.69, 9.17) is 23.2 Å². The lowest BCUT2D eigenvalue weighted by Crippen LogP contribution is -2.06. The van der Waals surface area contributed by atoms with Crippen molar-refractivity contribution in [2.45, 2.75) is 18.9 Å². The number of rotatable bonds is 2. The molecule has 0 aliphatic heterocycles. The lowest BCUT2D eigenvalue weighted by atomic mass is 10.1. The number of hydrogen-bond acceptors (Lipinski definition) is 2. The minimum Gasteiger partial charge on any atom is -0.508 e. The van der Waals surface area contributed by atoms with E-state index in [0.717, 1.165) is 18.5 Å². The molecule has 2 N–H and O–H groups in total. The number of phenols is 1. The van der Waals surface area contributed by atoms with Gasteiger partial charge in [0.1, 0.15) is 5.75 Å². The van der Waals surface area contributed by atoms with Gasteiger partial charge in [0.2, 0.25) is 0 Å². The van der Waals surface area contributed by atoms with E-state index in [2.05, 4.69) is 5.32 Å². The summed E-state index contributed by atoms with van der Waals surface area (Å²) in [7, 11) is 0. The first-order chi connectivity index (χ1) is 9.11. The third kappa shape index (κ3) is 2.65. The van der Waals surface area contributed by atoms with Crippen molar-refractivity contribution in [2.24, 2.45) is 0 Å². The van der Waals surface area contributed by atoms with Gasteiger partial charge in [-0.15, -0.1) is 0 Å². The Labute approximate surface area is 122 Å². The predicted molar refractivity (Wildman–Crippen MR) is 79.3 cm³/mol. The summed E-state index contributed by atoms with van der Waals surface area (Å²) in [5.74, 6) is 0.324. The van der Waals surface area contributed by atoms with E-state index >= 15 is 0 Å². The largest absolute Gasteiger partial charge is 0.508 e. The highest BCUT2D eigenvalue weighted by Crippen LogP contribution is 2.36. The highest BCUT2D eigenvalue weighted by atomic mass is 35.5. The van der Waals surface area contributed by atoms with E-state index < -0.39 is 0 Å². The molecule has 2 aromatic rings. The van der Waals surface area contributed by atoms with Crippen LogP contribution in [0.1, 0.15) is 23.6 Å². The van der Waals surface area contributed by atoms with Crippen molar-refractivity contribution in [3.05, 3.63) is 57.6 Å². The molecule has 1 aliphatic rings. The van der Waals surface area contributed by atoms with Gasteiger partial charge in [-0.25, -0.2) is 0 Å². The predicted octanol–water partition coefficient (Wildman–Crippen LogP) is 4.80. The van der Waals surface area contributed by atoms with Crippen LogP contribution in [0.2, 0.25) is 10.0 Å². The topological polar surface area (TPSA) is 32.3 Å².